The Morgan fingerprint density at radius 2 is 1.81 bits per heavy atom. The molecule has 1 N–H and O–H groups in total. The van der Waals surface area contributed by atoms with Crippen LogP contribution in [0.1, 0.15) is 62.6 Å². The van der Waals surface area contributed by atoms with Crippen molar-refractivity contribution in [2.45, 2.75) is 83.3 Å². The summed E-state index contributed by atoms with van der Waals surface area (Å²) in [5, 5.41) is 0. The number of aromatic nitrogens is 2. The van der Waals surface area contributed by atoms with Crippen molar-refractivity contribution in [2.24, 2.45) is 11.3 Å². The zero-order valence-corrected chi connectivity index (χ0v) is 23.3. The quantitative estimate of drug-likeness (QED) is 0.365. The molecule has 37 heavy (non-hydrogen) atoms. The minimum absolute atomic E-state index is 0.341. The first-order valence-corrected chi connectivity index (χ1v) is 14.6. The fourth-order valence-electron chi connectivity index (χ4n) is 6.25. The maximum Gasteiger partial charge on any atom is 0.237 e. The van der Waals surface area contributed by atoms with Gasteiger partial charge in [-0.15, -0.1) is 0 Å². The van der Waals surface area contributed by atoms with Gasteiger partial charge in [0, 0.05) is 35.2 Å². The maximum atomic E-state index is 6.55. The molecule has 6 heteroatoms. The summed E-state index contributed by atoms with van der Waals surface area (Å²) >= 11 is 1.57. The van der Waals surface area contributed by atoms with Crippen LogP contribution >= 0.6 is 11.9 Å². The van der Waals surface area contributed by atoms with Crippen LogP contribution in [-0.2, 0) is 6.54 Å². The maximum absolute atomic E-state index is 6.55. The van der Waals surface area contributed by atoms with Gasteiger partial charge in [0.2, 0.25) is 11.8 Å². The lowest BCUT2D eigenvalue weighted by Crippen LogP contribution is -2.52. The van der Waals surface area contributed by atoms with Crippen molar-refractivity contribution >= 4 is 17.9 Å². The van der Waals surface area contributed by atoms with E-state index in [-0.39, 0.29) is 0 Å². The standard InChI is InChI=1S/C31H38N4OS/c1-20(2)13-24-19-36-28-15-27(29-21(3)7-5-8-22(29)4)32-30(33-28)34-37-26-10-6-9-23(14-26)18-35(24)25-16-31(17-25)11-12-31/h5-10,14-15,20,24-25H,11-13,16-19H2,1-4H3,(H,32,33,34). The molecule has 1 unspecified atom stereocenters. The van der Waals surface area contributed by atoms with Crippen molar-refractivity contribution in [3.8, 4) is 17.1 Å². The molecule has 0 radical (unpaired) electrons. The number of aryl methyl sites for hydroxylation is 2. The summed E-state index contributed by atoms with van der Waals surface area (Å²) in [5.74, 6) is 1.82. The molecule has 4 bridgehead atoms. The van der Waals surface area contributed by atoms with E-state index in [0.29, 0.717) is 41.9 Å². The molecule has 0 amide bonds. The van der Waals surface area contributed by atoms with E-state index in [0.717, 1.165) is 24.2 Å². The van der Waals surface area contributed by atoms with Crippen molar-refractivity contribution in [2.75, 3.05) is 11.3 Å². The zero-order valence-electron chi connectivity index (χ0n) is 22.5. The van der Waals surface area contributed by atoms with E-state index in [4.69, 9.17) is 14.7 Å². The van der Waals surface area contributed by atoms with Crippen molar-refractivity contribution in [3.63, 3.8) is 0 Å². The molecule has 2 aliphatic carbocycles. The van der Waals surface area contributed by atoms with Gasteiger partial charge in [0.1, 0.15) is 6.61 Å². The van der Waals surface area contributed by atoms with Crippen molar-refractivity contribution in [1.29, 1.82) is 0 Å². The summed E-state index contributed by atoms with van der Waals surface area (Å²) < 4.78 is 9.95. The molecule has 1 aromatic heterocycles. The van der Waals surface area contributed by atoms with Crippen molar-refractivity contribution in [1.82, 2.24) is 14.9 Å². The number of hydrogen-bond acceptors (Lipinski definition) is 6. The molecular weight excluding hydrogens is 476 g/mol. The molecule has 5 nitrogen and oxygen atoms in total. The van der Waals surface area contributed by atoms with Crippen LogP contribution in [0.3, 0.4) is 0 Å². The Hall–Kier alpha value is -2.57. The highest BCUT2D eigenvalue weighted by Crippen LogP contribution is 2.62. The Kier molecular flexibility index (Phi) is 6.66. The van der Waals surface area contributed by atoms with E-state index in [1.807, 2.05) is 6.07 Å². The van der Waals surface area contributed by atoms with Gasteiger partial charge in [-0.3, -0.25) is 9.62 Å². The highest BCUT2D eigenvalue weighted by molar-refractivity contribution is 8.00. The molecule has 0 saturated heterocycles. The first-order valence-electron chi connectivity index (χ1n) is 13.7. The Labute approximate surface area is 225 Å². The molecule has 6 rings (SSSR count). The molecule has 1 aliphatic heterocycles. The van der Waals surface area contributed by atoms with Crippen LogP contribution in [0.25, 0.3) is 11.3 Å². The number of nitrogens with zero attached hydrogens (tertiary/aromatic N) is 3. The molecule has 2 heterocycles. The van der Waals surface area contributed by atoms with E-state index in [9.17, 15) is 0 Å². The molecule has 3 aliphatic rings. The van der Waals surface area contributed by atoms with Crippen LogP contribution in [0.5, 0.6) is 5.88 Å². The number of hydrogen-bond donors (Lipinski definition) is 1. The van der Waals surface area contributed by atoms with E-state index >= 15 is 0 Å². The zero-order chi connectivity index (χ0) is 25.6. The molecule has 2 aromatic carbocycles. The van der Waals surface area contributed by atoms with Gasteiger partial charge in [0.25, 0.3) is 0 Å². The van der Waals surface area contributed by atoms with Crippen LogP contribution in [0.15, 0.2) is 53.4 Å². The number of anilines is 1. The van der Waals surface area contributed by atoms with E-state index in [1.54, 1.807) is 11.9 Å². The second-order valence-electron chi connectivity index (χ2n) is 11.9. The minimum atomic E-state index is 0.341. The predicted octanol–water partition coefficient (Wildman–Crippen LogP) is 7.43. The number of fused-ring (bicyclic) bond motifs is 4. The van der Waals surface area contributed by atoms with Gasteiger partial charge in [-0.1, -0.05) is 44.2 Å². The van der Waals surface area contributed by atoms with Gasteiger partial charge in [-0.25, -0.2) is 4.98 Å². The first kappa shape index (κ1) is 24.7. The monoisotopic (exact) mass is 514 g/mol. The third-order valence-corrected chi connectivity index (χ3v) is 9.14. The third-order valence-electron chi connectivity index (χ3n) is 8.36. The van der Waals surface area contributed by atoms with Crippen LogP contribution in [-0.4, -0.2) is 33.6 Å². The molecular formula is C31H38N4OS. The van der Waals surface area contributed by atoms with E-state index in [1.165, 1.54) is 47.3 Å². The highest BCUT2D eigenvalue weighted by Gasteiger charge is 2.55. The Bertz CT molecular complexity index is 1260. The second kappa shape index (κ2) is 9.95. The number of rotatable bonds is 4. The SMILES string of the molecule is Cc1cccc(C)c1-c1cc2nc(n1)NSc1cccc(c1)CN(C1CC3(CC3)C1)C(CC(C)C)CO2. The lowest BCUT2D eigenvalue weighted by atomic mass is 9.75. The predicted molar refractivity (Wildman–Crippen MR) is 152 cm³/mol. The van der Waals surface area contributed by atoms with Crippen LogP contribution in [0, 0.1) is 25.2 Å². The van der Waals surface area contributed by atoms with Gasteiger partial charge >= 0.3 is 0 Å². The summed E-state index contributed by atoms with van der Waals surface area (Å²) in [7, 11) is 0. The van der Waals surface area contributed by atoms with Gasteiger partial charge in [0.15, 0.2) is 0 Å². The molecule has 194 valence electrons. The van der Waals surface area contributed by atoms with Gasteiger partial charge < -0.3 is 4.74 Å². The number of benzene rings is 2. The summed E-state index contributed by atoms with van der Waals surface area (Å²) in [4.78, 5) is 13.6. The van der Waals surface area contributed by atoms with Crippen LogP contribution in [0.4, 0.5) is 5.95 Å². The molecule has 1 atom stereocenters. The second-order valence-corrected chi connectivity index (χ2v) is 12.7. The van der Waals surface area contributed by atoms with Gasteiger partial charge in [0.05, 0.1) is 5.69 Å². The number of nitrogens with one attached hydrogen (secondary N) is 1. The fourth-order valence-corrected chi connectivity index (χ4v) is 6.91. The summed E-state index contributed by atoms with van der Waals surface area (Å²) in [5.41, 5.74) is 6.49. The lowest BCUT2D eigenvalue weighted by molar-refractivity contribution is -0.000285. The molecule has 3 aromatic rings. The van der Waals surface area contributed by atoms with Gasteiger partial charge in [-0.2, -0.15) is 4.98 Å². The topological polar surface area (TPSA) is 50.3 Å². The smallest absolute Gasteiger partial charge is 0.237 e. The van der Waals surface area contributed by atoms with E-state index < -0.39 is 0 Å². The molecule has 2 saturated carbocycles. The third kappa shape index (κ3) is 5.37. The Morgan fingerprint density at radius 3 is 2.54 bits per heavy atom. The Balaban J connectivity index is 1.38. The van der Waals surface area contributed by atoms with Crippen LogP contribution in [0.2, 0.25) is 0 Å². The largest absolute Gasteiger partial charge is 0.476 e. The normalized spacial score (nSPS) is 21.3. The molecule has 2 fully saturated rings. The lowest BCUT2D eigenvalue weighted by Gasteiger charge is -2.47. The summed E-state index contributed by atoms with van der Waals surface area (Å²) in [6.07, 6.45) is 6.63. The summed E-state index contributed by atoms with van der Waals surface area (Å²) in [6.45, 7) is 10.5. The average Bonchev–Trinajstić information content (AvgIpc) is 3.64. The molecule has 1 spiro atoms. The van der Waals surface area contributed by atoms with Gasteiger partial charge in [-0.05, 0) is 98.1 Å². The minimum Gasteiger partial charge on any atom is -0.476 e. The van der Waals surface area contributed by atoms with Crippen molar-refractivity contribution in [3.05, 3.63) is 65.2 Å². The summed E-state index contributed by atoms with van der Waals surface area (Å²) in [6, 6.07) is 18.3. The fraction of sp³-hybridized carbons (Fsp3) is 0.484. The Morgan fingerprint density at radius 1 is 1.05 bits per heavy atom. The highest BCUT2D eigenvalue weighted by atomic mass is 32.2. The number of ether oxygens (including phenoxy) is 1. The van der Waals surface area contributed by atoms with E-state index in [2.05, 4.69) is 79.8 Å². The van der Waals surface area contributed by atoms with Crippen LogP contribution < -0.4 is 9.46 Å². The average molecular weight is 515 g/mol. The first-order chi connectivity index (χ1) is 17.9. The van der Waals surface area contributed by atoms with Crippen molar-refractivity contribution < 1.29 is 4.74 Å².